The number of halogens is 1. The van der Waals surface area contributed by atoms with Crippen molar-refractivity contribution in [3.8, 4) is 0 Å². The van der Waals surface area contributed by atoms with Gasteiger partial charge in [-0.05, 0) is 37.0 Å². The fourth-order valence-corrected chi connectivity index (χ4v) is 2.18. The molecule has 22 heavy (non-hydrogen) atoms. The molecule has 0 spiro atoms. The van der Waals surface area contributed by atoms with Gasteiger partial charge in [0.15, 0.2) is 5.96 Å². The number of aliphatic imine (C=N–C) groups is 1. The van der Waals surface area contributed by atoms with Gasteiger partial charge in [0.1, 0.15) is 5.82 Å². The Morgan fingerprint density at radius 3 is 2.45 bits per heavy atom. The molecular formula is C17H28FN3O. The van der Waals surface area contributed by atoms with E-state index in [0.717, 1.165) is 12.8 Å². The minimum atomic E-state index is -0.780. The highest BCUT2D eigenvalue weighted by molar-refractivity contribution is 5.78. The minimum Gasteiger partial charge on any atom is -0.386 e. The molecule has 2 atom stereocenters. The number of aliphatic hydroxyl groups is 1. The SMILES string of the molecule is CC(C)CCCC(C)NC(N)=NCC(O)c1ccc(F)cc1. The summed E-state index contributed by atoms with van der Waals surface area (Å²) in [6, 6.07) is 5.99. The number of nitrogens with one attached hydrogen (secondary N) is 1. The predicted molar refractivity (Wildman–Crippen MR) is 89.1 cm³/mol. The molecule has 0 aliphatic heterocycles. The maximum atomic E-state index is 12.8. The standard InChI is InChI=1S/C17H28FN3O/c1-12(2)5-4-6-13(3)21-17(19)20-11-16(22)14-7-9-15(18)10-8-14/h7-10,12-13,16,22H,4-6,11H2,1-3H3,(H3,19,20,21). The van der Waals surface area contributed by atoms with E-state index in [1.165, 1.54) is 18.6 Å². The summed E-state index contributed by atoms with van der Waals surface area (Å²) in [5.74, 6) is 0.720. The molecule has 124 valence electrons. The molecule has 0 radical (unpaired) electrons. The first-order chi connectivity index (χ1) is 10.4. The van der Waals surface area contributed by atoms with Crippen LogP contribution in [-0.4, -0.2) is 23.7 Å². The number of nitrogens with zero attached hydrogens (tertiary/aromatic N) is 1. The van der Waals surface area contributed by atoms with Crippen LogP contribution in [0.25, 0.3) is 0 Å². The van der Waals surface area contributed by atoms with Crippen LogP contribution in [0.1, 0.15) is 51.7 Å². The molecule has 4 N–H and O–H groups in total. The van der Waals surface area contributed by atoms with Crippen LogP contribution < -0.4 is 11.1 Å². The first-order valence-electron chi connectivity index (χ1n) is 7.88. The average Bonchev–Trinajstić information content (AvgIpc) is 2.45. The molecule has 0 saturated heterocycles. The van der Waals surface area contributed by atoms with Crippen molar-refractivity contribution in [1.82, 2.24) is 5.32 Å². The van der Waals surface area contributed by atoms with E-state index < -0.39 is 6.10 Å². The van der Waals surface area contributed by atoms with E-state index in [1.807, 2.05) is 0 Å². The van der Waals surface area contributed by atoms with E-state index in [2.05, 4.69) is 31.1 Å². The van der Waals surface area contributed by atoms with Crippen molar-refractivity contribution in [1.29, 1.82) is 0 Å². The molecule has 0 aliphatic carbocycles. The molecule has 2 unspecified atom stereocenters. The van der Waals surface area contributed by atoms with Gasteiger partial charge in [-0.3, -0.25) is 4.99 Å². The van der Waals surface area contributed by atoms with Crippen LogP contribution >= 0.6 is 0 Å². The topological polar surface area (TPSA) is 70.6 Å². The maximum absolute atomic E-state index is 12.8. The van der Waals surface area contributed by atoms with Crippen molar-refractivity contribution in [2.45, 2.75) is 52.2 Å². The molecule has 1 aromatic carbocycles. The van der Waals surface area contributed by atoms with Crippen molar-refractivity contribution in [3.05, 3.63) is 35.6 Å². The molecule has 0 heterocycles. The number of benzene rings is 1. The summed E-state index contributed by atoms with van der Waals surface area (Å²) in [5, 5.41) is 13.1. The molecule has 0 saturated carbocycles. The van der Waals surface area contributed by atoms with Gasteiger partial charge in [0, 0.05) is 6.04 Å². The van der Waals surface area contributed by atoms with Gasteiger partial charge in [0.05, 0.1) is 12.6 Å². The Morgan fingerprint density at radius 1 is 1.23 bits per heavy atom. The summed E-state index contributed by atoms with van der Waals surface area (Å²) in [6.45, 7) is 6.65. The van der Waals surface area contributed by atoms with E-state index in [1.54, 1.807) is 12.1 Å². The van der Waals surface area contributed by atoms with Crippen LogP contribution in [0.15, 0.2) is 29.3 Å². The molecule has 1 aromatic rings. The van der Waals surface area contributed by atoms with Gasteiger partial charge in [0.2, 0.25) is 0 Å². The lowest BCUT2D eigenvalue weighted by Gasteiger charge is -2.15. The molecule has 0 aliphatic rings. The lowest BCUT2D eigenvalue weighted by Crippen LogP contribution is -2.38. The van der Waals surface area contributed by atoms with Gasteiger partial charge < -0.3 is 16.2 Å². The van der Waals surface area contributed by atoms with Gasteiger partial charge in [-0.1, -0.05) is 38.8 Å². The van der Waals surface area contributed by atoms with E-state index in [4.69, 9.17) is 5.73 Å². The third-order valence-corrected chi connectivity index (χ3v) is 3.50. The second-order valence-corrected chi connectivity index (χ2v) is 6.16. The number of hydrogen-bond donors (Lipinski definition) is 3. The van der Waals surface area contributed by atoms with Gasteiger partial charge in [-0.15, -0.1) is 0 Å². The van der Waals surface area contributed by atoms with Crippen LogP contribution in [0.3, 0.4) is 0 Å². The third kappa shape index (κ3) is 7.41. The normalized spacial score (nSPS) is 14.9. The van der Waals surface area contributed by atoms with Crippen molar-refractivity contribution in [3.63, 3.8) is 0 Å². The van der Waals surface area contributed by atoms with Crippen LogP contribution in [0, 0.1) is 11.7 Å². The van der Waals surface area contributed by atoms with Crippen LogP contribution in [0.4, 0.5) is 4.39 Å². The Hall–Kier alpha value is -1.62. The number of guanidine groups is 1. The van der Waals surface area contributed by atoms with Gasteiger partial charge in [-0.2, -0.15) is 0 Å². The first-order valence-corrected chi connectivity index (χ1v) is 7.88. The monoisotopic (exact) mass is 309 g/mol. The van der Waals surface area contributed by atoms with Crippen molar-refractivity contribution in [2.24, 2.45) is 16.6 Å². The third-order valence-electron chi connectivity index (χ3n) is 3.50. The van der Waals surface area contributed by atoms with E-state index >= 15 is 0 Å². The van der Waals surface area contributed by atoms with Crippen LogP contribution in [-0.2, 0) is 0 Å². The highest BCUT2D eigenvalue weighted by atomic mass is 19.1. The molecule has 1 rings (SSSR count). The minimum absolute atomic E-state index is 0.156. The lowest BCUT2D eigenvalue weighted by molar-refractivity contribution is 0.187. The molecular weight excluding hydrogens is 281 g/mol. The number of hydrogen-bond acceptors (Lipinski definition) is 2. The Balaban J connectivity index is 2.36. The molecule has 0 fully saturated rings. The van der Waals surface area contributed by atoms with Gasteiger partial charge in [-0.25, -0.2) is 4.39 Å². The number of aliphatic hydroxyl groups excluding tert-OH is 1. The molecule has 4 nitrogen and oxygen atoms in total. The molecule has 5 heteroatoms. The summed E-state index contributed by atoms with van der Waals surface area (Å²) in [5.41, 5.74) is 6.45. The largest absolute Gasteiger partial charge is 0.386 e. The van der Waals surface area contributed by atoms with Crippen molar-refractivity contribution in [2.75, 3.05) is 6.54 Å². The zero-order valence-corrected chi connectivity index (χ0v) is 13.7. The van der Waals surface area contributed by atoms with E-state index in [9.17, 15) is 9.50 Å². The van der Waals surface area contributed by atoms with Gasteiger partial charge >= 0.3 is 0 Å². The zero-order chi connectivity index (χ0) is 16.5. The number of nitrogens with two attached hydrogens (primary N) is 1. The Bertz CT molecular complexity index is 459. The van der Waals surface area contributed by atoms with Crippen LogP contribution in [0.2, 0.25) is 0 Å². The Morgan fingerprint density at radius 2 is 1.86 bits per heavy atom. The van der Waals surface area contributed by atoms with E-state index in [-0.39, 0.29) is 18.4 Å². The van der Waals surface area contributed by atoms with Gasteiger partial charge in [0.25, 0.3) is 0 Å². The second kappa shape index (κ2) is 9.41. The zero-order valence-electron chi connectivity index (χ0n) is 13.7. The summed E-state index contributed by atoms with van der Waals surface area (Å²) in [4.78, 5) is 4.15. The maximum Gasteiger partial charge on any atom is 0.188 e. The number of rotatable bonds is 8. The first kappa shape index (κ1) is 18.4. The second-order valence-electron chi connectivity index (χ2n) is 6.16. The summed E-state index contributed by atoms with van der Waals surface area (Å²) in [7, 11) is 0. The highest BCUT2D eigenvalue weighted by Gasteiger charge is 2.08. The fraction of sp³-hybridized carbons (Fsp3) is 0.588. The smallest absolute Gasteiger partial charge is 0.188 e. The van der Waals surface area contributed by atoms with Crippen LogP contribution in [0.5, 0.6) is 0 Å². The Labute approximate surface area is 132 Å². The molecule has 0 amide bonds. The van der Waals surface area contributed by atoms with Crippen molar-refractivity contribution < 1.29 is 9.50 Å². The molecule has 0 bridgehead atoms. The highest BCUT2D eigenvalue weighted by Crippen LogP contribution is 2.13. The lowest BCUT2D eigenvalue weighted by atomic mass is 10.0. The molecule has 0 aromatic heterocycles. The average molecular weight is 309 g/mol. The summed E-state index contributed by atoms with van der Waals surface area (Å²) < 4.78 is 12.8. The fourth-order valence-electron chi connectivity index (χ4n) is 2.18. The van der Waals surface area contributed by atoms with Crippen molar-refractivity contribution >= 4 is 5.96 Å². The quantitative estimate of drug-likeness (QED) is 0.511. The Kier molecular flexibility index (Phi) is 7.88. The van der Waals surface area contributed by atoms with E-state index in [0.29, 0.717) is 17.4 Å². The summed E-state index contributed by atoms with van der Waals surface area (Å²) in [6.07, 6.45) is 2.61. The predicted octanol–water partition coefficient (Wildman–Crippen LogP) is 2.98. The summed E-state index contributed by atoms with van der Waals surface area (Å²) >= 11 is 0.